The molecule has 1 fully saturated rings. The summed E-state index contributed by atoms with van der Waals surface area (Å²) in [7, 11) is 0. The number of anilines is 1. The summed E-state index contributed by atoms with van der Waals surface area (Å²) in [4.78, 5) is 30.1. The summed E-state index contributed by atoms with van der Waals surface area (Å²) >= 11 is 0. The summed E-state index contributed by atoms with van der Waals surface area (Å²) in [5.74, 6) is -0.0127. The van der Waals surface area contributed by atoms with Crippen molar-refractivity contribution in [2.75, 3.05) is 18.0 Å². The minimum atomic E-state index is -0.113. The molecule has 1 atom stereocenters. The molecule has 5 heteroatoms. The van der Waals surface area contributed by atoms with Crippen LogP contribution in [0.2, 0.25) is 0 Å². The van der Waals surface area contributed by atoms with Crippen molar-refractivity contribution < 1.29 is 9.59 Å². The zero-order chi connectivity index (χ0) is 19.5. The lowest BCUT2D eigenvalue weighted by Gasteiger charge is -2.44. The molecule has 146 valence electrons. The first-order chi connectivity index (χ1) is 13.7. The lowest BCUT2D eigenvalue weighted by atomic mass is 10.0. The first-order valence-electron chi connectivity index (χ1n) is 10.2. The van der Waals surface area contributed by atoms with E-state index in [2.05, 4.69) is 17.1 Å². The van der Waals surface area contributed by atoms with Crippen LogP contribution < -0.4 is 10.2 Å². The molecule has 2 aliphatic heterocycles. The van der Waals surface area contributed by atoms with Gasteiger partial charge in [0.2, 0.25) is 0 Å². The minimum absolute atomic E-state index is 0.0999. The van der Waals surface area contributed by atoms with E-state index in [0.29, 0.717) is 17.7 Å². The molecular weight excluding hydrogens is 350 g/mol. The van der Waals surface area contributed by atoms with Crippen molar-refractivity contribution in [1.82, 2.24) is 10.2 Å². The fourth-order valence-corrected chi connectivity index (χ4v) is 4.32. The summed E-state index contributed by atoms with van der Waals surface area (Å²) in [6.45, 7) is 4.24. The van der Waals surface area contributed by atoms with Crippen LogP contribution in [-0.4, -0.2) is 36.0 Å². The van der Waals surface area contributed by atoms with Crippen molar-refractivity contribution in [3.8, 4) is 0 Å². The maximum atomic E-state index is 13.1. The van der Waals surface area contributed by atoms with Gasteiger partial charge in [-0.1, -0.05) is 36.8 Å². The fraction of sp³-hybridized carbons (Fsp3) is 0.391. The molecule has 0 aromatic heterocycles. The van der Waals surface area contributed by atoms with Crippen molar-refractivity contribution >= 4 is 17.5 Å². The predicted molar refractivity (Wildman–Crippen MR) is 110 cm³/mol. The highest BCUT2D eigenvalue weighted by molar-refractivity contribution is 6.04. The lowest BCUT2D eigenvalue weighted by Crippen LogP contribution is -2.55. The summed E-state index contributed by atoms with van der Waals surface area (Å²) in [5, 5.41) is 2.98. The zero-order valence-corrected chi connectivity index (χ0v) is 16.4. The Morgan fingerprint density at radius 1 is 1.11 bits per heavy atom. The van der Waals surface area contributed by atoms with Gasteiger partial charge in [0.1, 0.15) is 6.17 Å². The Labute approximate surface area is 166 Å². The SMILES string of the molecule is CCN1c2cc(C(=O)NCc3ccccc3)ccc2C(=O)N2CCCCC[C@@H]21. The molecule has 2 heterocycles. The molecule has 1 saturated heterocycles. The third-order valence-electron chi connectivity index (χ3n) is 5.78. The van der Waals surface area contributed by atoms with E-state index in [1.165, 1.54) is 6.42 Å². The Hall–Kier alpha value is -2.82. The summed E-state index contributed by atoms with van der Waals surface area (Å²) < 4.78 is 0. The van der Waals surface area contributed by atoms with Crippen molar-refractivity contribution in [2.24, 2.45) is 0 Å². The average molecular weight is 377 g/mol. The second-order valence-electron chi connectivity index (χ2n) is 7.51. The largest absolute Gasteiger partial charge is 0.351 e. The smallest absolute Gasteiger partial charge is 0.257 e. The van der Waals surface area contributed by atoms with E-state index >= 15 is 0 Å². The highest BCUT2D eigenvalue weighted by Gasteiger charge is 2.37. The Morgan fingerprint density at radius 2 is 1.93 bits per heavy atom. The second-order valence-corrected chi connectivity index (χ2v) is 7.51. The molecule has 0 saturated carbocycles. The summed E-state index contributed by atoms with van der Waals surface area (Å²) in [6.07, 6.45) is 4.47. The summed E-state index contributed by atoms with van der Waals surface area (Å²) in [6, 6.07) is 15.3. The standard InChI is InChI=1S/C23H27N3O2/c1-2-25-20-15-18(22(27)24-16-17-9-5-3-6-10-17)12-13-19(20)23(28)26-14-8-4-7-11-21(25)26/h3,5-6,9-10,12-13,15,21H,2,4,7-8,11,14,16H2,1H3,(H,24,27)/t21-/m1/s1. The van der Waals surface area contributed by atoms with Gasteiger partial charge in [0.25, 0.3) is 11.8 Å². The van der Waals surface area contributed by atoms with Gasteiger partial charge in [-0.15, -0.1) is 0 Å². The van der Waals surface area contributed by atoms with E-state index < -0.39 is 0 Å². The van der Waals surface area contributed by atoms with Crippen LogP contribution in [0.4, 0.5) is 5.69 Å². The van der Waals surface area contributed by atoms with Crippen molar-refractivity contribution in [1.29, 1.82) is 0 Å². The zero-order valence-electron chi connectivity index (χ0n) is 16.4. The average Bonchev–Trinajstić information content (AvgIpc) is 2.99. The number of fused-ring (bicyclic) bond motifs is 2. The van der Waals surface area contributed by atoms with Crippen LogP contribution in [-0.2, 0) is 6.54 Å². The highest BCUT2D eigenvalue weighted by atomic mass is 16.2. The molecule has 4 rings (SSSR count). The van der Waals surface area contributed by atoms with Gasteiger partial charge in [0.05, 0.1) is 11.3 Å². The van der Waals surface area contributed by atoms with E-state index in [4.69, 9.17) is 0 Å². The molecule has 1 N–H and O–H groups in total. The molecular formula is C23H27N3O2. The number of benzene rings is 2. The van der Waals surface area contributed by atoms with Crippen molar-refractivity contribution in [3.63, 3.8) is 0 Å². The molecule has 0 bridgehead atoms. The van der Waals surface area contributed by atoms with Crippen LogP contribution in [0, 0.1) is 0 Å². The van der Waals surface area contributed by atoms with Crippen LogP contribution in [0.3, 0.4) is 0 Å². The Balaban J connectivity index is 1.59. The predicted octanol–water partition coefficient (Wildman–Crippen LogP) is 3.80. The monoisotopic (exact) mass is 377 g/mol. The third-order valence-corrected chi connectivity index (χ3v) is 5.78. The van der Waals surface area contributed by atoms with Crippen LogP contribution in [0.25, 0.3) is 0 Å². The van der Waals surface area contributed by atoms with Gasteiger partial charge in [0, 0.05) is 25.2 Å². The Morgan fingerprint density at radius 3 is 2.71 bits per heavy atom. The highest BCUT2D eigenvalue weighted by Crippen LogP contribution is 2.35. The minimum Gasteiger partial charge on any atom is -0.351 e. The van der Waals surface area contributed by atoms with Crippen LogP contribution in [0.1, 0.15) is 58.9 Å². The first kappa shape index (κ1) is 18.5. The third kappa shape index (κ3) is 3.49. The molecule has 0 radical (unpaired) electrons. The Bertz CT molecular complexity index is 865. The van der Waals surface area contributed by atoms with Crippen LogP contribution in [0.5, 0.6) is 0 Å². The maximum absolute atomic E-state index is 13.1. The fourth-order valence-electron chi connectivity index (χ4n) is 4.32. The van der Waals surface area contributed by atoms with E-state index in [1.54, 1.807) is 6.07 Å². The quantitative estimate of drug-likeness (QED) is 0.882. The molecule has 0 unspecified atom stereocenters. The van der Waals surface area contributed by atoms with Crippen LogP contribution >= 0.6 is 0 Å². The van der Waals surface area contributed by atoms with Gasteiger partial charge in [-0.05, 0) is 49.9 Å². The lowest BCUT2D eigenvalue weighted by molar-refractivity contribution is 0.0656. The van der Waals surface area contributed by atoms with E-state index in [-0.39, 0.29) is 18.0 Å². The van der Waals surface area contributed by atoms with E-state index in [9.17, 15) is 9.59 Å². The van der Waals surface area contributed by atoms with Gasteiger partial charge in [0.15, 0.2) is 0 Å². The van der Waals surface area contributed by atoms with Crippen LogP contribution in [0.15, 0.2) is 48.5 Å². The second kappa shape index (κ2) is 8.05. The number of hydrogen-bond donors (Lipinski definition) is 1. The molecule has 2 aliphatic rings. The number of carbonyl (C=O) groups excluding carboxylic acids is 2. The molecule has 5 nitrogen and oxygen atoms in total. The normalized spacial score (nSPS) is 18.9. The van der Waals surface area contributed by atoms with Gasteiger partial charge in [-0.25, -0.2) is 0 Å². The number of nitrogens with one attached hydrogen (secondary N) is 1. The number of hydrogen-bond acceptors (Lipinski definition) is 3. The van der Waals surface area contributed by atoms with Crippen molar-refractivity contribution in [2.45, 2.75) is 45.3 Å². The van der Waals surface area contributed by atoms with Gasteiger partial charge >= 0.3 is 0 Å². The molecule has 2 amide bonds. The number of carbonyl (C=O) groups is 2. The van der Waals surface area contributed by atoms with E-state index in [1.807, 2.05) is 47.4 Å². The number of nitrogens with zero attached hydrogens (tertiary/aromatic N) is 2. The summed E-state index contributed by atoms with van der Waals surface area (Å²) in [5.41, 5.74) is 3.26. The molecule has 2 aromatic carbocycles. The van der Waals surface area contributed by atoms with Crippen molar-refractivity contribution in [3.05, 3.63) is 65.2 Å². The molecule has 28 heavy (non-hydrogen) atoms. The van der Waals surface area contributed by atoms with Gasteiger partial charge in [-0.3, -0.25) is 9.59 Å². The molecule has 0 spiro atoms. The first-order valence-corrected chi connectivity index (χ1v) is 10.2. The van der Waals surface area contributed by atoms with Gasteiger partial charge in [-0.2, -0.15) is 0 Å². The number of amides is 2. The topological polar surface area (TPSA) is 52.7 Å². The number of rotatable bonds is 4. The molecule has 2 aromatic rings. The van der Waals surface area contributed by atoms with E-state index in [0.717, 1.165) is 43.6 Å². The Kier molecular flexibility index (Phi) is 5.33. The molecule has 0 aliphatic carbocycles. The van der Waals surface area contributed by atoms with Gasteiger partial charge < -0.3 is 15.1 Å². The maximum Gasteiger partial charge on any atom is 0.257 e.